The average Bonchev–Trinajstić information content (AvgIpc) is 2.49. The third-order valence-corrected chi connectivity index (χ3v) is 3.66. The van der Waals surface area contributed by atoms with Crippen molar-refractivity contribution in [2.45, 2.75) is 32.7 Å². The fraction of sp³-hybridized carbons (Fsp3) is 0.500. The molecule has 0 amide bonds. The maximum Gasteiger partial charge on any atom is 0.0354 e. The smallest absolute Gasteiger partial charge is 0.0354 e. The van der Waals surface area contributed by atoms with Gasteiger partial charge in [-0.1, -0.05) is 12.2 Å². The minimum absolute atomic E-state index is 0.219. The topological polar surface area (TPSA) is 12.0 Å². The lowest BCUT2D eigenvalue weighted by Crippen LogP contribution is -2.36. The van der Waals surface area contributed by atoms with Crippen molar-refractivity contribution < 1.29 is 0 Å². The van der Waals surface area contributed by atoms with Crippen LogP contribution in [0, 0.1) is 0 Å². The van der Waals surface area contributed by atoms with E-state index < -0.39 is 0 Å². The molecule has 0 aromatic carbocycles. The monoisotopic (exact) mass is 287 g/mol. The fourth-order valence-electron chi connectivity index (χ4n) is 1.15. The number of hydrogen-bond acceptors (Lipinski definition) is 2. The second kappa shape index (κ2) is 5.83. The zero-order valence-electron chi connectivity index (χ0n) is 9.51. The van der Waals surface area contributed by atoms with E-state index in [4.69, 9.17) is 0 Å². The Balaban J connectivity index is 2.27. The predicted octanol–water partition coefficient (Wildman–Crippen LogP) is 4.30. The minimum atomic E-state index is 0.219. The molecule has 84 valence electrons. The Morgan fingerprint density at radius 2 is 2.13 bits per heavy atom. The molecule has 0 bridgehead atoms. The van der Waals surface area contributed by atoms with Crippen LogP contribution < -0.4 is 5.32 Å². The molecule has 0 aliphatic rings. The van der Waals surface area contributed by atoms with Crippen LogP contribution in [0.4, 0.5) is 0 Å². The molecule has 1 heterocycles. The highest BCUT2D eigenvalue weighted by Crippen LogP contribution is 2.22. The highest BCUT2D eigenvalue weighted by Gasteiger charge is 2.06. The summed E-state index contributed by atoms with van der Waals surface area (Å²) < 4.78 is 1.19. The second-order valence-corrected chi connectivity index (χ2v) is 6.14. The standard InChI is InChI=1S/C12H18BrNS/c1-12(2,3)14-7-5-4-6-10-8-15-9-11(10)13/h4,6,8-9,14H,5,7H2,1-3H3. The summed E-state index contributed by atoms with van der Waals surface area (Å²) in [6.45, 7) is 7.59. The van der Waals surface area contributed by atoms with E-state index in [-0.39, 0.29) is 5.54 Å². The van der Waals surface area contributed by atoms with Gasteiger partial charge in [0.05, 0.1) is 0 Å². The second-order valence-electron chi connectivity index (χ2n) is 4.54. The summed E-state index contributed by atoms with van der Waals surface area (Å²) in [6.07, 6.45) is 5.45. The van der Waals surface area contributed by atoms with Crippen molar-refractivity contribution in [1.82, 2.24) is 5.32 Å². The van der Waals surface area contributed by atoms with Gasteiger partial charge in [0.25, 0.3) is 0 Å². The van der Waals surface area contributed by atoms with E-state index in [0.29, 0.717) is 0 Å². The minimum Gasteiger partial charge on any atom is -0.312 e. The number of nitrogens with one attached hydrogen (secondary N) is 1. The molecule has 0 spiro atoms. The summed E-state index contributed by atoms with van der Waals surface area (Å²) in [4.78, 5) is 0. The van der Waals surface area contributed by atoms with Gasteiger partial charge in [0.15, 0.2) is 0 Å². The van der Waals surface area contributed by atoms with E-state index in [2.05, 4.69) is 64.9 Å². The van der Waals surface area contributed by atoms with Crippen LogP contribution in [0.3, 0.4) is 0 Å². The van der Waals surface area contributed by atoms with Crippen molar-refractivity contribution >= 4 is 33.3 Å². The van der Waals surface area contributed by atoms with Crippen LogP contribution >= 0.6 is 27.3 Å². The quantitative estimate of drug-likeness (QED) is 0.814. The summed E-state index contributed by atoms with van der Waals surface area (Å²) in [7, 11) is 0. The van der Waals surface area contributed by atoms with Gasteiger partial charge in [0.1, 0.15) is 0 Å². The first kappa shape index (κ1) is 12.9. The molecule has 0 saturated heterocycles. The van der Waals surface area contributed by atoms with Crippen molar-refractivity contribution in [3.63, 3.8) is 0 Å². The van der Waals surface area contributed by atoms with E-state index in [1.807, 2.05) is 0 Å². The molecular formula is C12H18BrNS. The summed E-state index contributed by atoms with van der Waals surface area (Å²) in [5.74, 6) is 0. The molecule has 1 aromatic rings. The maximum absolute atomic E-state index is 3.51. The maximum atomic E-state index is 3.51. The molecular weight excluding hydrogens is 270 g/mol. The van der Waals surface area contributed by atoms with E-state index in [1.54, 1.807) is 11.3 Å². The van der Waals surface area contributed by atoms with Crippen LogP contribution in [-0.2, 0) is 0 Å². The van der Waals surface area contributed by atoms with Gasteiger partial charge in [-0.05, 0) is 60.6 Å². The molecule has 0 radical (unpaired) electrons. The van der Waals surface area contributed by atoms with E-state index in [9.17, 15) is 0 Å². The first-order valence-electron chi connectivity index (χ1n) is 5.12. The van der Waals surface area contributed by atoms with Crippen molar-refractivity contribution in [2.24, 2.45) is 0 Å². The Morgan fingerprint density at radius 3 is 2.67 bits per heavy atom. The van der Waals surface area contributed by atoms with Crippen LogP contribution in [-0.4, -0.2) is 12.1 Å². The molecule has 0 unspecified atom stereocenters. The highest BCUT2D eigenvalue weighted by molar-refractivity contribution is 9.10. The highest BCUT2D eigenvalue weighted by atomic mass is 79.9. The van der Waals surface area contributed by atoms with E-state index in [1.165, 1.54) is 10.0 Å². The molecule has 0 atom stereocenters. The van der Waals surface area contributed by atoms with Gasteiger partial charge in [-0.3, -0.25) is 0 Å². The molecule has 0 fully saturated rings. The molecule has 0 saturated carbocycles. The van der Waals surface area contributed by atoms with Gasteiger partial charge >= 0.3 is 0 Å². The third kappa shape index (κ3) is 5.50. The van der Waals surface area contributed by atoms with Crippen LogP contribution in [0.25, 0.3) is 6.08 Å². The summed E-state index contributed by atoms with van der Waals surface area (Å²) in [6, 6.07) is 0. The number of hydrogen-bond donors (Lipinski definition) is 1. The number of halogens is 1. The van der Waals surface area contributed by atoms with Gasteiger partial charge in [-0.15, -0.1) is 0 Å². The number of thiophene rings is 1. The lowest BCUT2D eigenvalue weighted by atomic mass is 10.1. The van der Waals surface area contributed by atoms with Gasteiger partial charge in [0, 0.05) is 15.4 Å². The Labute approximate surface area is 105 Å². The van der Waals surface area contributed by atoms with Crippen LogP contribution in [0.2, 0.25) is 0 Å². The molecule has 1 rings (SSSR count). The molecule has 1 aromatic heterocycles. The molecule has 0 aliphatic heterocycles. The molecule has 1 N–H and O–H groups in total. The Morgan fingerprint density at radius 1 is 1.40 bits per heavy atom. The van der Waals surface area contributed by atoms with E-state index >= 15 is 0 Å². The molecule has 1 nitrogen and oxygen atoms in total. The largest absolute Gasteiger partial charge is 0.312 e. The SMILES string of the molecule is CC(C)(C)NCCC=Cc1cscc1Br. The molecule has 0 aliphatic carbocycles. The third-order valence-electron chi connectivity index (χ3n) is 1.91. The Bertz CT molecular complexity index is 323. The van der Waals surface area contributed by atoms with Gasteiger partial charge in [-0.25, -0.2) is 0 Å². The van der Waals surface area contributed by atoms with Crippen molar-refractivity contribution in [3.05, 3.63) is 26.9 Å². The summed E-state index contributed by atoms with van der Waals surface area (Å²) in [5, 5.41) is 7.71. The van der Waals surface area contributed by atoms with Crippen molar-refractivity contribution in [3.8, 4) is 0 Å². The van der Waals surface area contributed by atoms with Crippen molar-refractivity contribution in [1.29, 1.82) is 0 Å². The molecule has 3 heteroatoms. The average molecular weight is 288 g/mol. The van der Waals surface area contributed by atoms with Gasteiger partial charge < -0.3 is 5.32 Å². The number of rotatable bonds is 4. The predicted molar refractivity (Wildman–Crippen MR) is 73.4 cm³/mol. The summed E-state index contributed by atoms with van der Waals surface area (Å²) >= 11 is 5.23. The summed E-state index contributed by atoms with van der Waals surface area (Å²) in [5.41, 5.74) is 1.49. The molecule has 15 heavy (non-hydrogen) atoms. The zero-order valence-corrected chi connectivity index (χ0v) is 11.9. The van der Waals surface area contributed by atoms with E-state index in [0.717, 1.165) is 13.0 Å². The Hall–Kier alpha value is -0.120. The fourth-order valence-corrected chi connectivity index (χ4v) is 2.55. The first-order valence-corrected chi connectivity index (χ1v) is 6.86. The van der Waals surface area contributed by atoms with Crippen LogP contribution in [0.1, 0.15) is 32.8 Å². The lowest BCUT2D eigenvalue weighted by Gasteiger charge is -2.19. The van der Waals surface area contributed by atoms with Gasteiger partial charge in [-0.2, -0.15) is 11.3 Å². The Kier molecular flexibility index (Phi) is 5.03. The zero-order chi connectivity index (χ0) is 11.3. The first-order chi connectivity index (χ1) is 6.99. The normalized spacial score (nSPS) is 12.5. The van der Waals surface area contributed by atoms with Crippen LogP contribution in [0.15, 0.2) is 21.3 Å². The van der Waals surface area contributed by atoms with Gasteiger partial charge in [0.2, 0.25) is 0 Å². The lowest BCUT2D eigenvalue weighted by molar-refractivity contribution is 0.431. The van der Waals surface area contributed by atoms with Crippen molar-refractivity contribution in [2.75, 3.05) is 6.54 Å². The van der Waals surface area contributed by atoms with Crippen LogP contribution in [0.5, 0.6) is 0 Å².